The van der Waals surface area contributed by atoms with Crippen LogP contribution in [0.3, 0.4) is 0 Å². The number of phenols is 1. The van der Waals surface area contributed by atoms with E-state index in [1.165, 1.54) is 5.56 Å². The second-order valence-electron chi connectivity index (χ2n) is 5.13. The van der Waals surface area contributed by atoms with E-state index in [9.17, 15) is 5.11 Å². The Kier molecular flexibility index (Phi) is 1.66. The van der Waals surface area contributed by atoms with Crippen molar-refractivity contribution in [1.29, 1.82) is 0 Å². The quantitative estimate of drug-likeness (QED) is 0.818. The lowest BCUT2D eigenvalue weighted by Crippen LogP contribution is -2.26. The first-order valence-electron chi connectivity index (χ1n) is 6.22. The largest absolute Gasteiger partial charge is 0.505 e. The maximum atomic E-state index is 10.2. The molecule has 0 radical (unpaired) electrons. The molecule has 0 amide bonds. The van der Waals surface area contributed by atoms with Crippen LogP contribution in [0.2, 0.25) is 0 Å². The van der Waals surface area contributed by atoms with E-state index in [1.807, 2.05) is 19.1 Å². The fourth-order valence-electron chi connectivity index (χ4n) is 2.93. The van der Waals surface area contributed by atoms with E-state index >= 15 is 0 Å². The van der Waals surface area contributed by atoms with Gasteiger partial charge in [0.25, 0.3) is 0 Å². The van der Waals surface area contributed by atoms with Crippen LogP contribution in [0.15, 0.2) is 36.4 Å². The first-order chi connectivity index (χ1) is 8.68. The highest BCUT2D eigenvalue weighted by Crippen LogP contribution is 2.45. The standard InChI is InChI=1S/C14H15N3O/c1-9-7-10(2)14(18)13(8-9)17-15-11-5-3-4-6-12(11)16(15)17/h3-8,11-12,18H,1-2H3. The monoisotopic (exact) mass is 241 g/mol. The number of allylic oxidation sites excluding steroid dienone is 4. The van der Waals surface area contributed by atoms with Gasteiger partial charge in [-0.05, 0) is 31.0 Å². The summed E-state index contributed by atoms with van der Waals surface area (Å²) in [7, 11) is 0. The molecule has 92 valence electrons. The van der Waals surface area contributed by atoms with Crippen molar-refractivity contribution in [3.8, 4) is 11.4 Å². The Balaban J connectivity index is 1.83. The topological polar surface area (TPSA) is 35.0 Å². The number of hydrogen-bond acceptors (Lipinski definition) is 1. The maximum Gasteiger partial charge on any atom is 0.145 e. The molecule has 2 aromatic rings. The van der Waals surface area contributed by atoms with E-state index < -0.39 is 0 Å². The second-order valence-corrected chi connectivity index (χ2v) is 5.13. The third kappa shape index (κ3) is 1.05. The molecule has 0 saturated heterocycles. The van der Waals surface area contributed by atoms with Crippen LogP contribution in [-0.4, -0.2) is 19.5 Å². The van der Waals surface area contributed by atoms with Gasteiger partial charge in [0.1, 0.15) is 23.5 Å². The molecule has 1 aliphatic heterocycles. The normalized spacial score (nSPS) is 23.9. The van der Waals surface area contributed by atoms with Gasteiger partial charge < -0.3 is 5.11 Å². The van der Waals surface area contributed by atoms with Crippen LogP contribution in [0.5, 0.6) is 5.75 Å². The predicted octanol–water partition coefficient (Wildman–Crippen LogP) is 2.62. The van der Waals surface area contributed by atoms with E-state index in [4.69, 9.17) is 0 Å². The molecule has 4 rings (SSSR count). The number of phenolic OH excluding ortho intramolecular Hbond substituents is 1. The Hall–Kier alpha value is -2.10. The molecule has 2 atom stereocenters. The number of rotatable bonds is 1. The molecule has 0 spiro atoms. The third-order valence-corrected chi connectivity index (χ3v) is 3.82. The van der Waals surface area contributed by atoms with Crippen molar-refractivity contribution in [3.05, 3.63) is 47.6 Å². The zero-order valence-electron chi connectivity index (χ0n) is 10.4. The lowest BCUT2D eigenvalue weighted by atomic mass is 10.0. The molecule has 0 bridgehead atoms. The van der Waals surface area contributed by atoms with E-state index in [-0.39, 0.29) is 0 Å². The predicted molar refractivity (Wildman–Crippen MR) is 69.2 cm³/mol. The highest BCUT2D eigenvalue weighted by Gasteiger charge is 2.46. The van der Waals surface area contributed by atoms with Gasteiger partial charge in [-0.25, -0.2) is 0 Å². The SMILES string of the molecule is Cc1cc(C)c(O)c(-n2n3n2C2C=CC=CC23)c1. The number of hydrogen-bond donors (Lipinski definition) is 1. The lowest BCUT2D eigenvalue weighted by Gasteiger charge is -2.25. The number of benzene rings is 1. The molecule has 0 fully saturated rings. The van der Waals surface area contributed by atoms with Crippen molar-refractivity contribution >= 4 is 0 Å². The number of aromatic nitrogens is 3. The van der Waals surface area contributed by atoms with Gasteiger partial charge in [0.05, 0.1) is 0 Å². The number of nitrogens with zero attached hydrogens (tertiary/aromatic N) is 3. The molecule has 1 N–H and O–H groups in total. The zero-order valence-corrected chi connectivity index (χ0v) is 10.4. The summed E-state index contributed by atoms with van der Waals surface area (Å²) in [6, 6.07) is 4.85. The number of fused-ring (bicyclic) bond motifs is 4. The summed E-state index contributed by atoms with van der Waals surface area (Å²) in [6.07, 6.45) is 8.55. The van der Waals surface area contributed by atoms with Crippen LogP contribution in [0.25, 0.3) is 5.69 Å². The van der Waals surface area contributed by atoms with Gasteiger partial charge in [0.15, 0.2) is 0 Å². The molecule has 1 aromatic carbocycles. The average molecular weight is 241 g/mol. The van der Waals surface area contributed by atoms with Crippen LogP contribution in [0.4, 0.5) is 0 Å². The summed E-state index contributed by atoms with van der Waals surface area (Å²) in [5.41, 5.74) is 2.97. The van der Waals surface area contributed by atoms with E-state index in [0.717, 1.165) is 11.3 Å². The fourth-order valence-corrected chi connectivity index (χ4v) is 2.93. The highest BCUT2D eigenvalue weighted by atomic mass is 16.3. The molecule has 0 saturated carbocycles. The highest BCUT2D eigenvalue weighted by molar-refractivity contribution is 5.52. The van der Waals surface area contributed by atoms with Crippen molar-refractivity contribution in [2.75, 3.05) is 0 Å². The van der Waals surface area contributed by atoms with Gasteiger partial charge in [-0.3, -0.25) is 0 Å². The van der Waals surface area contributed by atoms with Crippen molar-refractivity contribution in [1.82, 2.24) is 14.4 Å². The Morgan fingerprint density at radius 3 is 2.22 bits per heavy atom. The summed E-state index contributed by atoms with van der Waals surface area (Å²) in [5.74, 6) is 0.375. The summed E-state index contributed by atoms with van der Waals surface area (Å²) < 4.78 is 0. The molecule has 4 nitrogen and oxygen atoms in total. The Morgan fingerprint density at radius 1 is 1.00 bits per heavy atom. The minimum Gasteiger partial charge on any atom is -0.505 e. The van der Waals surface area contributed by atoms with Crippen LogP contribution in [0, 0.1) is 13.8 Å². The Bertz CT molecular complexity index is 666. The van der Waals surface area contributed by atoms with Crippen LogP contribution in [-0.2, 0) is 0 Å². The summed E-state index contributed by atoms with van der Waals surface area (Å²) in [6.45, 7) is 3.99. The van der Waals surface area contributed by atoms with Gasteiger partial charge in [0, 0.05) is 0 Å². The van der Waals surface area contributed by atoms with Gasteiger partial charge in [0.2, 0.25) is 0 Å². The second kappa shape index (κ2) is 3.02. The molecular weight excluding hydrogens is 226 g/mol. The van der Waals surface area contributed by atoms with Crippen LogP contribution >= 0.6 is 0 Å². The lowest BCUT2D eigenvalue weighted by molar-refractivity contribution is 0.314. The summed E-state index contributed by atoms with van der Waals surface area (Å²) in [5, 5.41) is 10.2. The van der Waals surface area contributed by atoms with E-state index in [0.29, 0.717) is 17.8 Å². The van der Waals surface area contributed by atoms with E-state index in [1.54, 1.807) is 0 Å². The molecular formula is C14H15N3O. The van der Waals surface area contributed by atoms with Crippen molar-refractivity contribution in [2.45, 2.75) is 25.9 Å². The Morgan fingerprint density at radius 2 is 1.61 bits per heavy atom. The van der Waals surface area contributed by atoms with Gasteiger partial charge in [-0.1, -0.05) is 30.4 Å². The molecule has 2 heterocycles. The van der Waals surface area contributed by atoms with Gasteiger partial charge in [-0.2, -0.15) is 14.4 Å². The minimum atomic E-state index is 0.375. The first kappa shape index (κ1) is 9.88. The molecule has 18 heavy (non-hydrogen) atoms. The van der Waals surface area contributed by atoms with E-state index in [2.05, 4.69) is 45.6 Å². The molecule has 1 aromatic heterocycles. The van der Waals surface area contributed by atoms with Crippen molar-refractivity contribution in [3.63, 3.8) is 0 Å². The summed E-state index contributed by atoms with van der Waals surface area (Å²) in [4.78, 5) is 6.39. The third-order valence-electron chi connectivity index (χ3n) is 3.82. The smallest absolute Gasteiger partial charge is 0.145 e. The van der Waals surface area contributed by atoms with Crippen LogP contribution in [0.1, 0.15) is 23.2 Å². The molecule has 1 aliphatic carbocycles. The Labute approximate surface area is 105 Å². The zero-order chi connectivity index (χ0) is 12.4. The molecule has 2 aliphatic rings. The fraction of sp³-hybridized carbons (Fsp3) is 0.286. The van der Waals surface area contributed by atoms with Gasteiger partial charge >= 0.3 is 0 Å². The maximum absolute atomic E-state index is 10.2. The van der Waals surface area contributed by atoms with Crippen molar-refractivity contribution < 1.29 is 5.11 Å². The van der Waals surface area contributed by atoms with Crippen LogP contribution < -0.4 is 0 Å². The number of aromatic hydroxyl groups is 1. The number of aryl methyl sites for hydroxylation is 2. The average Bonchev–Trinajstić information content (AvgIpc) is 2.99. The minimum absolute atomic E-state index is 0.375. The molecule has 2 unspecified atom stereocenters. The summed E-state index contributed by atoms with van der Waals surface area (Å²) >= 11 is 0. The van der Waals surface area contributed by atoms with Crippen molar-refractivity contribution in [2.24, 2.45) is 0 Å². The van der Waals surface area contributed by atoms with Gasteiger partial charge in [-0.15, -0.1) is 0 Å². The molecule has 4 heteroatoms. The first-order valence-corrected chi connectivity index (χ1v) is 6.22.